The molecule has 128 valence electrons. The molecule has 2 N–H and O–H groups in total. The van der Waals surface area contributed by atoms with Crippen LogP contribution >= 0.6 is 11.6 Å². The first kappa shape index (κ1) is 17.0. The second-order valence-electron chi connectivity index (χ2n) is 5.40. The molecule has 7 heteroatoms. The number of benzene rings is 1. The molecule has 1 amide bonds. The van der Waals surface area contributed by atoms with Crippen LogP contribution in [0.25, 0.3) is 5.82 Å². The van der Waals surface area contributed by atoms with Crippen molar-refractivity contribution in [2.45, 2.75) is 6.42 Å². The Labute approximate surface area is 150 Å². The SMILES string of the molecule is O=C(NCCCNc1ccc(Cl)cc1)c1ccc(-n2cccn2)nc1. The van der Waals surface area contributed by atoms with Crippen LogP contribution in [0.15, 0.2) is 61.1 Å². The van der Waals surface area contributed by atoms with Crippen LogP contribution < -0.4 is 10.6 Å². The predicted octanol–water partition coefficient (Wildman–Crippen LogP) is 3.15. The molecular weight excluding hydrogens is 338 g/mol. The Balaban J connectivity index is 1.41. The minimum atomic E-state index is -0.133. The summed E-state index contributed by atoms with van der Waals surface area (Å²) in [7, 11) is 0. The minimum absolute atomic E-state index is 0.133. The van der Waals surface area contributed by atoms with Gasteiger partial charge in [-0.25, -0.2) is 9.67 Å². The lowest BCUT2D eigenvalue weighted by Crippen LogP contribution is -2.26. The summed E-state index contributed by atoms with van der Waals surface area (Å²) in [5, 5.41) is 11.0. The van der Waals surface area contributed by atoms with Gasteiger partial charge in [-0.1, -0.05) is 11.6 Å². The number of hydrogen-bond acceptors (Lipinski definition) is 4. The summed E-state index contributed by atoms with van der Waals surface area (Å²) in [5.74, 6) is 0.541. The van der Waals surface area contributed by atoms with Crippen molar-refractivity contribution in [3.63, 3.8) is 0 Å². The number of amides is 1. The van der Waals surface area contributed by atoms with Crippen molar-refractivity contribution in [2.75, 3.05) is 18.4 Å². The third-order valence-corrected chi connectivity index (χ3v) is 3.81. The molecular formula is C18H18ClN5O. The smallest absolute Gasteiger partial charge is 0.252 e. The van der Waals surface area contributed by atoms with Gasteiger partial charge in [0, 0.05) is 42.4 Å². The second-order valence-corrected chi connectivity index (χ2v) is 5.84. The van der Waals surface area contributed by atoms with Gasteiger partial charge in [-0.15, -0.1) is 0 Å². The average molecular weight is 356 g/mol. The van der Waals surface area contributed by atoms with Crippen molar-refractivity contribution < 1.29 is 4.79 Å². The molecule has 0 aliphatic rings. The Kier molecular flexibility index (Phi) is 5.64. The van der Waals surface area contributed by atoms with Gasteiger partial charge in [0.2, 0.25) is 0 Å². The van der Waals surface area contributed by atoms with Crippen LogP contribution in [0.4, 0.5) is 5.69 Å². The number of hydrogen-bond donors (Lipinski definition) is 2. The lowest BCUT2D eigenvalue weighted by molar-refractivity contribution is 0.0953. The summed E-state index contributed by atoms with van der Waals surface area (Å²) in [6.45, 7) is 1.35. The van der Waals surface area contributed by atoms with Crippen LogP contribution in [-0.4, -0.2) is 33.8 Å². The maximum atomic E-state index is 12.1. The molecule has 0 radical (unpaired) electrons. The van der Waals surface area contributed by atoms with Crippen LogP contribution in [0.3, 0.4) is 0 Å². The molecule has 2 heterocycles. The third-order valence-electron chi connectivity index (χ3n) is 3.56. The van der Waals surface area contributed by atoms with Gasteiger partial charge in [-0.05, 0) is 48.9 Å². The quantitative estimate of drug-likeness (QED) is 0.639. The Hall–Kier alpha value is -2.86. The minimum Gasteiger partial charge on any atom is -0.385 e. The maximum Gasteiger partial charge on any atom is 0.252 e. The highest BCUT2D eigenvalue weighted by molar-refractivity contribution is 6.30. The van der Waals surface area contributed by atoms with Crippen molar-refractivity contribution in [1.29, 1.82) is 0 Å². The van der Waals surface area contributed by atoms with E-state index in [9.17, 15) is 4.79 Å². The van der Waals surface area contributed by atoms with Gasteiger partial charge in [0.1, 0.15) is 0 Å². The van der Waals surface area contributed by atoms with Crippen molar-refractivity contribution in [3.05, 3.63) is 71.6 Å². The van der Waals surface area contributed by atoms with Gasteiger partial charge in [-0.3, -0.25) is 4.79 Å². The molecule has 0 bridgehead atoms. The van der Waals surface area contributed by atoms with E-state index in [1.54, 1.807) is 35.4 Å². The molecule has 0 saturated heterocycles. The molecule has 0 fully saturated rings. The number of nitrogens with one attached hydrogen (secondary N) is 2. The zero-order valence-electron chi connectivity index (χ0n) is 13.5. The Morgan fingerprint density at radius 2 is 1.96 bits per heavy atom. The molecule has 25 heavy (non-hydrogen) atoms. The van der Waals surface area contributed by atoms with E-state index in [-0.39, 0.29) is 5.91 Å². The van der Waals surface area contributed by atoms with Crippen molar-refractivity contribution in [3.8, 4) is 5.82 Å². The van der Waals surface area contributed by atoms with Gasteiger partial charge >= 0.3 is 0 Å². The topological polar surface area (TPSA) is 71.8 Å². The summed E-state index contributed by atoms with van der Waals surface area (Å²) < 4.78 is 1.64. The van der Waals surface area contributed by atoms with Crippen LogP contribution in [0.2, 0.25) is 5.02 Å². The number of pyridine rings is 1. The average Bonchev–Trinajstić information content (AvgIpc) is 3.18. The highest BCUT2D eigenvalue weighted by Crippen LogP contribution is 2.13. The molecule has 2 aromatic heterocycles. The van der Waals surface area contributed by atoms with Crippen LogP contribution in [0.1, 0.15) is 16.8 Å². The molecule has 0 unspecified atom stereocenters. The number of aromatic nitrogens is 3. The van der Waals surface area contributed by atoms with Gasteiger partial charge in [0.15, 0.2) is 5.82 Å². The van der Waals surface area contributed by atoms with E-state index in [0.29, 0.717) is 22.9 Å². The fourth-order valence-corrected chi connectivity index (χ4v) is 2.38. The zero-order chi connectivity index (χ0) is 17.5. The summed E-state index contributed by atoms with van der Waals surface area (Å²) in [4.78, 5) is 16.4. The number of anilines is 1. The molecule has 0 atom stereocenters. The predicted molar refractivity (Wildman–Crippen MR) is 98.3 cm³/mol. The number of rotatable bonds is 7. The maximum absolute atomic E-state index is 12.1. The summed E-state index contributed by atoms with van der Waals surface area (Å²) in [6.07, 6.45) is 5.85. The molecule has 0 saturated carbocycles. The summed E-state index contributed by atoms with van der Waals surface area (Å²) >= 11 is 5.84. The van der Waals surface area contributed by atoms with Crippen LogP contribution in [0, 0.1) is 0 Å². The Morgan fingerprint density at radius 3 is 2.64 bits per heavy atom. The van der Waals surface area contributed by atoms with Crippen molar-refractivity contribution in [2.24, 2.45) is 0 Å². The van der Waals surface area contributed by atoms with Gasteiger partial charge in [-0.2, -0.15) is 5.10 Å². The van der Waals surface area contributed by atoms with E-state index in [1.807, 2.05) is 30.3 Å². The first-order valence-corrected chi connectivity index (χ1v) is 8.34. The molecule has 6 nitrogen and oxygen atoms in total. The standard InChI is InChI=1S/C18H18ClN5O/c19-15-4-6-16(7-5-15)20-9-1-10-21-18(25)14-3-8-17(22-13-14)24-12-2-11-23-24/h2-8,11-13,20H,1,9-10H2,(H,21,25). The first-order chi connectivity index (χ1) is 12.2. The zero-order valence-corrected chi connectivity index (χ0v) is 14.3. The van der Waals surface area contributed by atoms with Crippen molar-refractivity contribution in [1.82, 2.24) is 20.1 Å². The van der Waals surface area contributed by atoms with E-state index < -0.39 is 0 Å². The molecule has 0 spiro atoms. The summed E-state index contributed by atoms with van der Waals surface area (Å²) in [5.41, 5.74) is 1.54. The summed E-state index contributed by atoms with van der Waals surface area (Å²) in [6, 6.07) is 12.9. The molecule has 0 aliphatic heterocycles. The number of nitrogens with zero attached hydrogens (tertiary/aromatic N) is 3. The van der Waals surface area contributed by atoms with E-state index in [0.717, 1.165) is 18.7 Å². The highest BCUT2D eigenvalue weighted by Gasteiger charge is 2.06. The van der Waals surface area contributed by atoms with Gasteiger partial charge in [0.05, 0.1) is 5.56 Å². The molecule has 0 aliphatic carbocycles. The monoisotopic (exact) mass is 355 g/mol. The third kappa shape index (κ3) is 4.81. The van der Waals surface area contributed by atoms with Crippen molar-refractivity contribution >= 4 is 23.2 Å². The Morgan fingerprint density at radius 1 is 1.12 bits per heavy atom. The lowest BCUT2D eigenvalue weighted by Gasteiger charge is -2.08. The molecule has 1 aromatic carbocycles. The van der Waals surface area contributed by atoms with Gasteiger partial charge < -0.3 is 10.6 Å². The Bertz CT molecular complexity index is 800. The molecule has 3 aromatic rings. The number of carbonyl (C=O) groups excluding carboxylic acids is 1. The largest absolute Gasteiger partial charge is 0.385 e. The van der Waals surface area contributed by atoms with Crippen LogP contribution in [0.5, 0.6) is 0 Å². The second kappa shape index (κ2) is 8.30. The van der Waals surface area contributed by atoms with E-state index in [4.69, 9.17) is 11.6 Å². The van der Waals surface area contributed by atoms with E-state index in [1.165, 1.54) is 0 Å². The lowest BCUT2D eigenvalue weighted by atomic mass is 10.2. The fraction of sp³-hybridized carbons (Fsp3) is 0.167. The van der Waals surface area contributed by atoms with E-state index >= 15 is 0 Å². The first-order valence-electron chi connectivity index (χ1n) is 7.96. The number of halogens is 1. The number of carbonyl (C=O) groups is 1. The normalized spacial score (nSPS) is 10.4. The molecule has 3 rings (SSSR count). The highest BCUT2D eigenvalue weighted by atomic mass is 35.5. The fourth-order valence-electron chi connectivity index (χ4n) is 2.25. The van der Waals surface area contributed by atoms with Crippen LogP contribution in [-0.2, 0) is 0 Å². The van der Waals surface area contributed by atoms with Gasteiger partial charge in [0.25, 0.3) is 5.91 Å². The van der Waals surface area contributed by atoms with E-state index in [2.05, 4.69) is 20.7 Å².